The van der Waals surface area contributed by atoms with E-state index in [4.69, 9.17) is 0 Å². The van der Waals surface area contributed by atoms with Crippen molar-refractivity contribution < 1.29 is 0 Å². The van der Waals surface area contributed by atoms with Gasteiger partial charge in [-0.3, -0.25) is 0 Å². The zero-order valence-electron chi connectivity index (χ0n) is 17.3. The highest BCUT2D eigenvalue weighted by Crippen LogP contribution is 2.26. The first-order valence-electron chi connectivity index (χ1n) is 10.5. The summed E-state index contributed by atoms with van der Waals surface area (Å²) in [4.78, 5) is 9.28. The maximum absolute atomic E-state index is 4.31. The lowest BCUT2D eigenvalue weighted by Crippen LogP contribution is -2.46. The van der Waals surface area contributed by atoms with Gasteiger partial charge in [-0.25, -0.2) is 4.98 Å². The van der Waals surface area contributed by atoms with Crippen LogP contribution in [0.2, 0.25) is 0 Å². The molecule has 1 aliphatic rings. The fourth-order valence-corrected chi connectivity index (χ4v) is 4.13. The molecule has 4 nitrogen and oxygen atoms in total. The number of nitrogens with zero attached hydrogens (tertiary/aromatic N) is 4. The van der Waals surface area contributed by atoms with Crippen molar-refractivity contribution in [3.63, 3.8) is 0 Å². The van der Waals surface area contributed by atoms with Gasteiger partial charge in [0, 0.05) is 49.4 Å². The molecule has 0 unspecified atom stereocenters. The summed E-state index contributed by atoms with van der Waals surface area (Å²) >= 11 is 0. The minimum Gasteiger partial charge on any atom is -0.368 e. The van der Waals surface area contributed by atoms with Gasteiger partial charge < -0.3 is 14.4 Å². The second-order valence-electron chi connectivity index (χ2n) is 7.83. The molecule has 1 saturated heterocycles. The van der Waals surface area contributed by atoms with Crippen LogP contribution in [0.5, 0.6) is 0 Å². The second-order valence-corrected chi connectivity index (χ2v) is 7.83. The number of rotatable bonds is 4. The van der Waals surface area contributed by atoms with Crippen LogP contribution in [0.3, 0.4) is 0 Å². The molecule has 0 N–H and O–H groups in total. The van der Waals surface area contributed by atoms with Gasteiger partial charge in [-0.05, 0) is 54.4 Å². The number of aryl methyl sites for hydroxylation is 1. The van der Waals surface area contributed by atoms with E-state index in [0.29, 0.717) is 0 Å². The average molecular weight is 395 g/mol. The molecule has 4 aromatic rings. The third kappa shape index (κ3) is 3.81. The largest absolute Gasteiger partial charge is 0.368 e. The standard InChI is InChI=1S/C26H26N4/c1-21-19-30(20-27-21)25-12-10-24(11-13-25)28-14-16-29(17-15-28)26-9-5-8-23(18-26)22-6-3-2-4-7-22/h2-13,18-20H,14-17H2,1H3. The molecule has 1 aliphatic heterocycles. The van der Waals surface area contributed by atoms with Crippen molar-refractivity contribution in [3.8, 4) is 16.8 Å². The lowest BCUT2D eigenvalue weighted by molar-refractivity contribution is 0.653. The summed E-state index contributed by atoms with van der Waals surface area (Å²) in [6.45, 7) is 6.12. The van der Waals surface area contributed by atoms with Crippen molar-refractivity contribution in [1.82, 2.24) is 9.55 Å². The average Bonchev–Trinajstić information content (AvgIpc) is 3.26. The molecule has 1 aromatic heterocycles. The monoisotopic (exact) mass is 394 g/mol. The Balaban J connectivity index is 1.25. The van der Waals surface area contributed by atoms with E-state index in [2.05, 4.69) is 104 Å². The van der Waals surface area contributed by atoms with Gasteiger partial charge >= 0.3 is 0 Å². The molecular weight excluding hydrogens is 368 g/mol. The molecule has 2 heterocycles. The molecule has 150 valence electrons. The van der Waals surface area contributed by atoms with Crippen LogP contribution in [0.25, 0.3) is 16.8 Å². The number of aromatic nitrogens is 2. The normalized spacial score (nSPS) is 14.2. The fraction of sp³-hybridized carbons (Fsp3) is 0.192. The summed E-state index contributed by atoms with van der Waals surface area (Å²) in [6, 6.07) is 28.3. The zero-order valence-corrected chi connectivity index (χ0v) is 17.3. The van der Waals surface area contributed by atoms with E-state index in [1.807, 2.05) is 13.3 Å². The van der Waals surface area contributed by atoms with E-state index in [9.17, 15) is 0 Å². The predicted molar refractivity (Wildman–Crippen MR) is 125 cm³/mol. The predicted octanol–water partition coefficient (Wildman–Crippen LogP) is 5.17. The molecule has 3 aromatic carbocycles. The SMILES string of the molecule is Cc1cn(-c2ccc(N3CCN(c4cccc(-c5ccccc5)c4)CC3)cc2)cn1. The summed E-state index contributed by atoms with van der Waals surface area (Å²) < 4.78 is 2.07. The van der Waals surface area contributed by atoms with Crippen molar-refractivity contribution in [2.75, 3.05) is 36.0 Å². The summed E-state index contributed by atoms with van der Waals surface area (Å²) in [6.07, 6.45) is 3.92. The van der Waals surface area contributed by atoms with Crippen molar-refractivity contribution in [1.29, 1.82) is 0 Å². The second kappa shape index (κ2) is 8.07. The molecule has 30 heavy (non-hydrogen) atoms. The van der Waals surface area contributed by atoms with E-state index in [1.54, 1.807) is 0 Å². The minimum atomic E-state index is 1.03. The third-order valence-corrected chi connectivity index (χ3v) is 5.82. The lowest BCUT2D eigenvalue weighted by Gasteiger charge is -2.37. The highest BCUT2D eigenvalue weighted by Gasteiger charge is 2.18. The number of anilines is 2. The Morgan fingerprint density at radius 1 is 0.633 bits per heavy atom. The molecule has 0 aliphatic carbocycles. The first kappa shape index (κ1) is 18.5. The Labute approximate surface area is 178 Å². The van der Waals surface area contributed by atoms with Crippen LogP contribution in [0.4, 0.5) is 11.4 Å². The van der Waals surface area contributed by atoms with E-state index in [-0.39, 0.29) is 0 Å². The topological polar surface area (TPSA) is 24.3 Å². The van der Waals surface area contributed by atoms with Crippen LogP contribution in [-0.2, 0) is 0 Å². The molecule has 0 spiro atoms. The fourth-order valence-electron chi connectivity index (χ4n) is 4.13. The van der Waals surface area contributed by atoms with Gasteiger partial charge in [-0.2, -0.15) is 0 Å². The van der Waals surface area contributed by atoms with Gasteiger partial charge in [0.2, 0.25) is 0 Å². The lowest BCUT2D eigenvalue weighted by atomic mass is 10.0. The van der Waals surface area contributed by atoms with Crippen molar-refractivity contribution in [2.45, 2.75) is 6.92 Å². The number of benzene rings is 3. The summed E-state index contributed by atoms with van der Waals surface area (Å²) in [5.41, 5.74) is 7.32. The summed E-state index contributed by atoms with van der Waals surface area (Å²) in [5.74, 6) is 0. The van der Waals surface area contributed by atoms with Gasteiger partial charge in [-0.1, -0.05) is 42.5 Å². The van der Waals surface area contributed by atoms with E-state index < -0.39 is 0 Å². The summed E-state index contributed by atoms with van der Waals surface area (Å²) in [7, 11) is 0. The molecule has 4 heteroatoms. The molecule has 1 fully saturated rings. The molecule has 5 rings (SSSR count). The van der Waals surface area contributed by atoms with Crippen LogP contribution < -0.4 is 9.80 Å². The number of hydrogen-bond donors (Lipinski definition) is 0. The molecular formula is C26H26N4. The molecule has 0 radical (unpaired) electrons. The van der Waals surface area contributed by atoms with E-state index in [1.165, 1.54) is 22.5 Å². The van der Waals surface area contributed by atoms with Crippen LogP contribution >= 0.6 is 0 Å². The molecule has 0 amide bonds. The van der Waals surface area contributed by atoms with Crippen molar-refractivity contribution in [3.05, 3.63) is 97.1 Å². The van der Waals surface area contributed by atoms with Gasteiger partial charge in [0.1, 0.15) is 0 Å². The Morgan fingerprint density at radius 3 is 1.93 bits per heavy atom. The molecule has 0 bridgehead atoms. The Morgan fingerprint density at radius 2 is 1.27 bits per heavy atom. The first-order chi connectivity index (χ1) is 14.8. The Kier molecular flexibility index (Phi) is 4.98. The van der Waals surface area contributed by atoms with Crippen LogP contribution in [0, 0.1) is 6.92 Å². The smallest absolute Gasteiger partial charge is 0.0995 e. The van der Waals surface area contributed by atoms with Crippen LogP contribution in [0.15, 0.2) is 91.4 Å². The van der Waals surface area contributed by atoms with E-state index >= 15 is 0 Å². The number of imidazole rings is 1. The van der Waals surface area contributed by atoms with Crippen LogP contribution in [0.1, 0.15) is 5.69 Å². The van der Waals surface area contributed by atoms with Gasteiger partial charge in [0.25, 0.3) is 0 Å². The van der Waals surface area contributed by atoms with Gasteiger partial charge in [-0.15, -0.1) is 0 Å². The van der Waals surface area contributed by atoms with Crippen molar-refractivity contribution in [2.24, 2.45) is 0 Å². The maximum Gasteiger partial charge on any atom is 0.0995 e. The highest BCUT2D eigenvalue weighted by atomic mass is 15.3. The van der Waals surface area contributed by atoms with Gasteiger partial charge in [0.05, 0.1) is 12.0 Å². The quantitative estimate of drug-likeness (QED) is 0.477. The third-order valence-electron chi connectivity index (χ3n) is 5.82. The molecule has 0 saturated carbocycles. The van der Waals surface area contributed by atoms with E-state index in [0.717, 1.165) is 37.6 Å². The summed E-state index contributed by atoms with van der Waals surface area (Å²) in [5, 5.41) is 0. The molecule has 0 atom stereocenters. The Hall–Kier alpha value is -3.53. The van der Waals surface area contributed by atoms with Crippen molar-refractivity contribution >= 4 is 11.4 Å². The highest BCUT2D eigenvalue weighted by molar-refractivity contribution is 5.68. The first-order valence-corrected chi connectivity index (χ1v) is 10.5. The number of hydrogen-bond acceptors (Lipinski definition) is 3. The maximum atomic E-state index is 4.31. The Bertz CT molecular complexity index is 1110. The number of piperazine rings is 1. The minimum absolute atomic E-state index is 1.03. The van der Waals surface area contributed by atoms with Crippen LogP contribution in [-0.4, -0.2) is 35.7 Å². The van der Waals surface area contributed by atoms with Gasteiger partial charge in [0.15, 0.2) is 0 Å². The zero-order chi connectivity index (χ0) is 20.3.